The maximum Gasteiger partial charge on any atom is 0.311 e. The van der Waals surface area contributed by atoms with Crippen LogP contribution in [0.5, 0.6) is 5.75 Å². The molecule has 1 atom stereocenters. The second-order valence-electron chi connectivity index (χ2n) is 4.45. The molecule has 0 aliphatic heterocycles. The Kier molecular flexibility index (Phi) is 6.24. The summed E-state index contributed by atoms with van der Waals surface area (Å²) in [5, 5.41) is 14.1. The first-order valence-corrected chi connectivity index (χ1v) is 6.09. The molecule has 0 aliphatic carbocycles. The van der Waals surface area contributed by atoms with E-state index in [-0.39, 0.29) is 11.4 Å². The average Bonchev–Trinajstić information content (AvgIpc) is 2.38. The van der Waals surface area contributed by atoms with Crippen LogP contribution in [0.25, 0.3) is 0 Å². The quantitative estimate of drug-likeness (QED) is 0.576. The van der Waals surface area contributed by atoms with E-state index < -0.39 is 4.92 Å². The molecule has 1 N–H and O–H groups in total. The molecule has 6 nitrogen and oxygen atoms in total. The highest BCUT2D eigenvalue weighted by atomic mass is 16.6. The minimum Gasteiger partial charge on any atom is -0.490 e. The lowest BCUT2D eigenvalue weighted by Gasteiger charge is -2.11. The summed E-state index contributed by atoms with van der Waals surface area (Å²) in [4.78, 5) is 10.5. The first kappa shape index (κ1) is 15.4. The van der Waals surface area contributed by atoms with E-state index in [4.69, 9.17) is 9.47 Å². The second-order valence-corrected chi connectivity index (χ2v) is 4.45. The van der Waals surface area contributed by atoms with Crippen molar-refractivity contribution in [3.63, 3.8) is 0 Å². The van der Waals surface area contributed by atoms with Crippen LogP contribution < -0.4 is 10.1 Å². The molecule has 106 valence electrons. The van der Waals surface area contributed by atoms with Crippen LogP contribution in [0.1, 0.15) is 12.5 Å². The lowest BCUT2D eigenvalue weighted by molar-refractivity contribution is -0.385. The van der Waals surface area contributed by atoms with Gasteiger partial charge in [-0.2, -0.15) is 0 Å². The fourth-order valence-corrected chi connectivity index (χ4v) is 1.79. The van der Waals surface area contributed by atoms with Crippen molar-refractivity contribution in [2.75, 3.05) is 27.4 Å². The molecule has 0 saturated heterocycles. The average molecular weight is 268 g/mol. The molecule has 0 fully saturated rings. The van der Waals surface area contributed by atoms with Crippen LogP contribution in [0, 0.1) is 16.0 Å². The third-order valence-electron chi connectivity index (χ3n) is 2.71. The second kappa shape index (κ2) is 7.70. The van der Waals surface area contributed by atoms with Gasteiger partial charge >= 0.3 is 5.69 Å². The SMILES string of the molecule is COCC(C)CNCc1ccc(OC)c([N+](=O)[O-])c1. The zero-order chi connectivity index (χ0) is 14.3. The van der Waals surface area contributed by atoms with Crippen molar-refractivity contribution in [2.45, 2.75) is 13.5 Å². The summed E-state index contributed by atoms with van der Waals surface area (Å²) in [5.41, 5.74) is 0.851. The van der Waals surface area contributed by atoms with Crippen molar-refractivity contribution in [1.82, 2.24) is 5.32 Å². The van der Waals surface area contributed by atoms with Crippen molar-refractivity contribution in [1.29, 1.82) is 0 Å². The Labute approximate surface area is 112 Å². The highest BCUT2D eigenvalue weighted by Crippen LogP contribution is 2.27. The Hall–Kier alpha value is -1.66. The van der Waals surface area contributed by atoms with E-state index in [9.17, 15) is 10.1 Å². The Bertz CT molecular complexity index is 423. The maximum atomic E-state index is 10.9. The summed E-state index contributed by atoms with van der Waals surface area (Å²) in [6, 6.07) is 4.97. The molecule has 1 aromatic rings. The van der Waals surface area contributed by atoms with Crippen LogP contribution in [-0.2, 0) is 11.3 Å². The normalized spacial score (nSPS) is 12.2. The molecule has 0 aliphatic rings. The standard InChI is InChI=1S/C13H20N2O4/c1-10(9-18-2)7-14-8-11-4-5-13(19-3)12(6-11)15(16)17/h4-6,10,14H,7-9H2,1-3H3. The van der Waals surface area contributed by atoms with Gasteiger partial charge in [-0.3, -0.25) is 10.1 Å². The minimum atomic E-state index is -0.435. The predicted octanol–water partition coefficient (Wildman–Crippen LogP) is 1.98. The van der Waals surface area contributed by atoms with Crippen LogP contribution in [0.3, 0.4) is 0 Å². The van der Waals surface area contributed by atoms with Gasteiger partial charge in [0.05, 0.1) is 12.0 Å². The van der Waals surface area contributed by atoms with E-state index in [1.54, 1.807) is 13.2 Å². The van der Waals surface area contributed by atoms with Crippen molar-refractivity contribution in [3.05, 3.63) is 33.9 Å². The van der Waals surface area contributed by atoms with Gasteiger partial charge in [-0.25, -0.2) is 0 Å². The minimum absolute atomic E-state index is 0.00765. The number of nitrogens with zero attached hydrogens (tertiary/aromatic N) is 1. The fourth-order valence-electron chi connectivity index (χ4n) is 1.79. The third-order valence-corrected chi connectivity index (χ3v) is 2.71. The smallest absolute Gasteiger partial charge is 0.311 e. The van der Waals surface area contributed by atoms with Gasteiger partial charge in [0.25, 0.3) is 0 Å². The Morgan fingerprint density at radius 3 is 2.74 bits per heavy atom. The first-order valence-electron chi connectivity index (χ1n) is 6.09. The van der Waals surface area contributed by atoms with Crippen LogP contribution in [0.4, 0.5) is 5.69 Å². The third kappa shape index (κ3) is 4.84. The van der Waals surface area contributed by atoms with Crippen molar-refractivity contribution in [3.8, 4) is 5.75 Å². The number of methoxy groups -OCH3 is 2. The number of hydrogen-bond donors (Lipinski definition) is 1. The number of benzene rings is 1. The van der Waals surface area contributed by atoms with E-state index in [1.807, 2.05) is 6.07 Å². The molecule has 1 unspecified atom stereocenters. The highest BCUT2D eigenvalue weighted by molar-refractivity contribution is 5.48. The van der Waals surface area contributed by atoms with Gasteiger partial charge in [0.2, 0.25) is 0 Å². The summed E-state index contributed by atoms with van der Waals surface area (Å²) in [7, 11) is 3.09. The van der Waals surface area contributed by atoms with Crippen LogP contribution in [0.15, 0.2) is 18.2 Å². The van der Waals surface area contributed by atoms with E-state index in [2.05, 4.69) is 12.2 Å². The van der Waals surface area contributed by atoms with Gasteiger partial charge in [-0.1, -0.05) is 13.0 Å². The molecule has 0 amide bonds. The molecular weight excluding hydrogens is 248 g/mol. The molecule has 0 aromatic heterocycles. The van der Waals surface area contributed by atoms with Gasteiger partial charge in [-0.05, 0) is 17.5 Å². The van der Waals surface area contributed by atoms with Gasteiger partial charge in [0, 0.05) is 32.9 Å². The van der Waals surface area contributed by atoms with E-state index in [0.29, 0.717) is 19.1 Å². The topological polar surface area (TPSA) is 73.6 Å². The number of ether oxygens (including phenoxy) is 2. The Morgan fingerprint density at radius 1 is 1.42 bits per heavy atom. The number of nitrogens with one attached hydrogen (secondary N) is 1. The Morgan fingerprint density at radius 2 is 2.16 bits per heavy atom. The molecule has 6 heteroatoms. The number of nitro groups is 1. The summed E-state index contributed by atoms with van der Waals surface area (Å²) in [5.74, 6) is 0.680. The van der Waals surface area contributed by atoms with Crippen LogP contribution in [-0.4, -0.2) is 32.3 Å². The summed E-state index contributed by atoms with van der Waals surface area (Å²) < 4.78 is 10.00. The predicted molar refractivity (Wildman–Crippen MR) is 72.4 cm³/mol. The zero-order valence-corrected chi connectivity index (χ0v) is 11.5. The molecule has 0 heterocycles. The molecular formula is C13H20N2O4. The molecule has 1 rings (SSSR count). The molecule has 1 aromatic carbocycles. The van der Waals surface area contributed by atoms with Gasteiger partial charge in [0.1, 0.15) is 0 Å². The van der Waals surface area contributed by atoms with E-state index in [1.165, 1.54) is 13.2 Å². The summed E-state index contributed by atoms with van der Waals surface area (Å²) in [6.07, 6.45) is 0. The summed E-state index contributed by atoms with van der Waals surface area (Å²) in [6.45, 7) is 4.15. The van der Waals surface area contributed by atoms with E-state index in [0.717, 1.165) is 12.1 Å². The van der Waals surface area contributed by atoms with Crippen molar-refractivity contribution >= 4 is 5.69 Å². The van der Waals surface area contributed by atoms with Gasteiger partial charge in [-0.15, -0.1) is 0 Å². The highest BCUT2D eigenvalue weighted by Gasteiger charge is 2.14. The number of nitro benzene ring substituents is 1. The monoisotopic (exact) mass is 268 g/mol. The summed E-state index contributed by atoms with van der Waals surface area (Å²) >= 11 is 0. The lowest BCUT2D eigenvalue weighted by Crippen LogP contribution is -2.23. The fraction of sp³-hybridized carbons (Fsp3) is 0.538. The molecule has 0 spiro atoms. The van der Waals surface area contributed by atoms with Gasteiger partial charge in [0.15, 0.2) is 5.75 Å². The molecule has 0 bridgehead atoms. The zero-order valence-electron chi connectivity index (χ0n) is 11.5. The van der Waals surface area contributed by atoms with Crippen LogP contribution in [0.2, 0.25) is 0 Å². The first-order chi connectivity index (χ1) is 9.08. The molecule has 0 radical (unpaired) electrons. The van der Waals surface area contributed by atoms with Crippen molar-refractivity contribution in [2.24, 2.45) is 5.92 Å². The lowest BCUT2D eigenvalue weighted by atomic mass is 10.1. The molecule has 19 heavy (non-hydrogen) atoms. The maximum absolute atomic E-state index is 10.9. The van der Waals surface area contributed by atoms with Crippen LogP contribution >= 0.6 is 0 Å². The van der Waals surface area contributed by atoms with E-state index >= 15 is 0 Å². The molecule has 0 saturated carbocycles. The largest absolute Gasteiger partial charge is 0.490 e. The number of rotatable bonds is 8. The van der Waals surface area contributed by atoms with Crippen molar-refractivity contribution < 1.29 is 14.4 Å². The Balaban J connectivity index is 2.60. The number of hydrogen-bond acceptors (Lipinski definition) is 5. The van der Waals surface area contributed by atoms with Gasteiger partial charge < -0.3 is 14.8 Å².